The summed E-state index contributed by atoms with van der Waals surface area (Å²) < 4.78 is 12.2. The summed E-state index contributed by atoms with van der Waals surface area (Å²) in [5, 5.41) is 10.9. The fourth-order valence-corrected chi connectivity index (χ4v) is 4.53. The average molecular weight is 453 g/mol. The minimum atomic E-state index is -0.709. The molecule has 0 spiro atoms. The molecule has 2 aromatic heterocycles. The zero-order valence-electron chi connectivity index (χ0n) is 17.5. The van der Waals surface area contributed by atoms with E-state index in [0.717, 1.165) is 22.5 Å². The number of aryl methyl sites for hydroxylation is 1. The third-order valence-corrected chi connectivity index (χ3v) is 5.96. The van der Waals surface area contributed by atoms with Crippen molar-refractivity contribution in [3.05, 3.63) is 94.4 Å². The van der Waals surface area contributed by atoms with Crippen molar-refractivity contribution in [2.45, 2.75) is 26.8 Å². The van der Waals surface area contributed by atoms with Gasteiger partial charge in [0.2, 0.25) is 0 Å². The van der Waals surface area contributed by atoms with Gasteiger partial charge in [0.25, 0.3) is 5.56 Å². The quantitative estimate of drug-likeness (QED) is 0.333. The molecule has 0 bridgehead atoms. The van der Waals surface area contributed by atoms with Gasteiger partial charge in [-0.1, -0.05) is 41.2 Å². The van der Waals surface area contributed by atoms with E-state index in [4.69, 9.17) is 9.15 Å². The molecule has 1 atom stereocenters. The molecule has 3 heterocycles. The first-order valence-corrected chi connectivity index (χ1v) is 10.6. The number of allylic oxidation sites excluding steroid dienone is 1. The van der Waals surface area contributed by atoms with Crippen LogP contribution >= 0.6 is 11.3 Å². The number of furan rings is 1. The number of thiazole rings is 1. The topological polar surface area (TPSA) is 117 Å². The van der Waals surface area contributed by atoms with Crippen molar-refractivity contribution in [3.8, 4) is 0 Å². The summed E-state index contributed by atoms with van der Waals surface area (Å²) in [6.45, 7) is 5.57. The smallest absolute Gasteiger partial charge is 0.433 e. The van der Waals surface area contributed by atoms with Crippen molar-refractivity contribution >= 4 is 29.3 Å². The first-order valence-electron chi connectivity index (χ1n) is 9.80. The van der Waals surface area contributed by atoms with E-state index in [2.05, 4.69) is 4.99 Å². The third-order valence-electron chi connectivity index (χ3n) is 4.98. The van der Waals surface area contributed by atoms with Gasteiger partial charge in [-0.3, -0.25) is 19.5 Å². The molecule has 0 amide bonds. The van der Waals surface area contributed by atoms with E-state index in [-0.39, 0.29) is 22.5 Å². The lowest BCUT2D eigenvalue weighted by Crippen LogP contribution is -2.39. The normalized spacial score (nSPS) is 16.0. The van der Waals surface area contributed by atoms with Crippen LogP contribution in [0.5, 0.6) is 0 Å². The summed E-state index contributed by atoms with van der Waals surface area (Å²) in [5.41, 5.74) is 2.17. The molecule has 0 radical (unpaired) electrons. The van der Waals surface area contributed by atoms with Gasteiger partial charge in [-0.25, -0.2) is 9.79 Å². The molecule has 0 N–H and O–H groups in total. The minimum Gasteiger partial charge on any atom is -0.463 e. The molecule has 1 aromatic carbocycles. The molecule has 3 aromatic rings. The molecule has 0 aliphatic carbocycles. The Labute approximate surface area is 185 Å². The lowest BCUT2D eigenvalue weighted by molar-refractivity contribution is -0.402. The van der Waals surface area contributed by atoms with Gasteiger partial charge in [0, 0.05) is 6.08 Å². The number of esters is 1. The Morgan fingerprint density at radius 2 is 2.00 bits per heavy atom. The summed E-state index contributed by atoms with van der Waals surface area (Å²) in [6.07, 6.45) is 1.44. The number of ether oxygens (including phenoxy) is 1. The molecule has 4 rings (SSSR count). The van der Waals surface area contributed by atoms with Crippen LogP contribution in [0.3, 0.4) is 0 Å². The van der Waals surface area contributed by atoms with Crippen LogP contribution in [0, 0.1) is 17.0 Å². The Hall–Kier alpha value is -3.79. The molecule has 0 saturated heterocycles. The molecule has 0 fully saturated rings. The Kier molecular flexibility index (Phi) is 5.62. The highest BCUT2D eigenvalue weighted by Crippen LogP contribution is 2.30. The summed E-state index contributed by atoms with van der Waals surface area (Å²) >= 11 is 1.12. The van der Waals surface area contributed by atoms with E-state index in [1.807, 2.05) is 31.2 Å². The highest BCUT2D eigenvalue weighted by Gasteiger charge is 2.33. The first kappa shape index (κ1) is 21.4. The van der Waals surface area contributed by atoms with Crippen molar-refractivity contribution < 1.29 is 18.9 Å². The largest absolute Gasteiger partial charge is 0.463 e. The van der Waals surface area contributed by atoms with Crippen LogP contribution in [0.25, 0.3) is 6.08 Å². The van der Waals surface area contributed by atoms with E-state index in [9.17, 15) is 19.7 Å². The van der Waals surface area contributed by atoms with Crippen LogP contribution < -0.4 is 14.9 Å². The van der Waals surface area contributed by atoms with Gasteiger partial charge < -0.3 is 9.15 Å². The summed E-state index contributed by atoms with van der Waals surface area (Å²) in [7, 11) is 0. The number of rotatable bonds is 5. The van der Waals surface area contributed by atoms with Gasteiger partial charge in [-0.2, -0.15) is 0 Å². The molecule has 0 saturated carbocycles. The lowest BCUT2D eigenvalue weighted by atomic mass is 9.95. The maximum absolute atomic E-state index is 13.4. The van der Waals surface area contributed by atoms with Gasteiger partial charge >= 0.3 is 11.9 Å². The Bertz CT molecular complexity index is 1430. The number of carbonyl (C=O) groups is 1. The fourth-order valence-electron chi connectivity index (χ4n) is 3.50. The van der Waals surface area contributed by atoms with Gasteiger partial charge in [0.15, 0.2) is 4.80 Å². The zero-order chi connectivity index (χ0) is 23.0. The number of benzene rings is 1. The van der Waals surface area contributed by atoms with Crippen LogP contribution in [0.1, 0.15) is 36.8 Å². The number of hydrogen-bond donors (Lipinski definition) is 0. The number of aromatic nitrogens is 1. The Morgan fingerprint density at radius 3 is 2.62 bits per heavy atom. The number of fused-ring (bicyclic) bond motifs is 1. The van der Waals surface area contributed by atoms with E-state index in [1.54, 1.807) is 13.8 Å². The molecule has 10 heteroatoms. The molecule has 1 aliphatic rings. The van der Waals surface area contributed by atoms with Crippen LogP contribution in [-0.4, -0.2) is 22.1 Å². The van der Waals surface area contributed by atoms with Crippen molar-refractivity contribution in [3.63, 3.8) is 0 Å². The van der Waals surface area contributed by atoms with E-state index in [0.29, 0.717) is 16.1 Å². The van der Waals surface area contributed by atoms with Crippen LogP contribution in [0.4, 0.5) is 5.88 Å². The van der Waals surface area contributed by atoms with Gasteiger partial charge in [-0.05, 0) is 32.4 Å². The second-order valence-electron chi connectivity index (χ2n) is 7.15. The van der Waals surface area contributed by atoms with Gasteiger partial charge in [0.1, 0.15) is 10.7 Å². The standard InChI is InChI=1S/C22H19N3O6S/c1-4-30-21(27)18-13(3)23-22-24(19(18)14-7-5-12(2)6-8-14)20(26)16(32-22)11-15-9-10-17(31-15)25(28)29/h5-11,19H,4H2,1-3H3/b16-11-/t19-/m0/s1. The molecular formula is C22H19N3O6S. The van der Waals surface area contributed by atoms with Gasteiger partial charge in [0.05, 0.1) is 34.5 Å². The van der Waals surface area contributed by atoms with Crippen molar-refractivity contribution in [1.82, 2.24) is 4.57 Å². The monoisotopic (exact) mass is 453 g/mol. The predicted octanol–water partition coefficient (Wildman–Crippen LogP) is 2.61. The van der Waals surface area contributed by atoms with E-state index in [1.165, 1.54) is 22.8 Å². The summed E-state index contributed by atoms with van der Waals surface area (Å²) in [5.74, 6) is -0.771. The number of hydrogen-bond acceptors (Lipinski definition) is 8. The van der Waals surface area contributed by atoms with Crippen LogP contribution in [-0.2, 0) is 9.53 Å². The third kappa shape index (κ3) is 3.80. The second-order valence-corrected chi connectivity index (χ2v) is 8.16. The molecule has 164 valence electrons. The Morgan fingerprint density at radius 1 is 1.28 bits per heavy atom. The minimum absolute atomic E-state index is 0.176. The maximum Gasteiger partial charge on any atom is 0.433 e. The zero-order valence-corrected chi connectivity index (χ0v) is 18.3. The fraction of sp³-hybridized carbons (Fsp3) is 0.227. The van der Waals surface area contributed by atoms with E-state index >= 15 is 0 Å². The van der Waals surface area contributed by atoms with Crippen molar-refractivity contribution in [1.29, 1.82) is 0 Å². The SMILES string of the molecule is CCOC(=O)C1=C(C)N=c2s/c(=C\c3ccc([N+](=O)[O-])o3)c(=O)n2[C@H]1c1ccc(C)cc1. The molecule has 32 heavy (non-hydrogen) atoms. The first-order chi connectivity index (χ1) is 15.3. The lowest BCUT2D eigenvalue weighted by Gasteiger charge is -2.24. The predicted molar refractivity (Wildman–Crippen MR) is 117 cm³/mol. The van der Waals surface area contributed by atoms with Crippen molar-refractivity contribution in [2.24, 2.45) is 4.99 Å². The molecule has 0 unspecified atom stereocenters. The van der Waals surface area contributed by atoms with Crippen LogP contribution in [0.2, 0.25) is 0 Å². The number of nitrogens with zero attached hydrogens (tertiary/aromatic N) is 3. The van der Waals surface area contributed by atoms with Crippen molar-refractivity contribution in [2.75, 3.05) is 6.61 Å². The second kappa shape index (κ2) is 8.39. The van der Waals surface area contributed by atoms with Crippen LogP contribution in [0.15, 0.2) is 61.9 Å². The molecular weight excluding hydrogens is 434 g/mol. The number of nitro groups is 1. The Balaban J connectivity index is 1.93. The number of carbonyl (C=O) groups excluding carboxylic acids is 1. The average Bonchev–Trinajstić information content (AvgIpc) is 3.33. The maximum atomic E-state index is 13.4. The van der Waals surface area contributed by atoms with Gasteiger partial charge in [-0.15, -0.1) is 0 Å². The molecule has 9 nitrogen and oxygen atoms in total. The highest BCUT2D eigenvalue weighted by molar-refractivity contribution is 7.07. The van der Waals surface area contributed by atoms with E-state index < -0.39 is 22.8 Å². The summed E-state index contributed by atoms with van der Waals surface area (Å²) in [6, 6.07) is 9.48. The summed E-state index contributed by atoms with van der Waals surface area (Å²) in [4.78, 5) is 41.3. The molecule has 1 aliphatic heterocycles. The highest BCUT2D eigenvalue weighted by atomic mass is 32.1.